The molecule has 5 rings (SSSR count). The molecule has 0 aliphatic carbocycles. The van der Waals surface area contributed by atoms with E-state index in [2.05, 4.69) is 81.1 Å². The molecule has 0 atom stereocenters. The van der Waals surface area contributed by atoms with Crippen LogP contribution in [0.5, 0.6) is 0 Å². The van der Waals surface area contributed by atoms with Crippen molar-refractivity contribution in [3.8, 4) is 11.3 Å². The van der Waals surface area contributed by atoms with Crippen LogP contribution in [0.3, 0.4) is 0 Å². The average molecular weight is 417 g/mol. The van der Waals surface area contributed by atoms with Gasteiger partial charge in [-0.15, -0.1) is 0 Å². The number of piperazine rings is 1. The van der Waals surface area contributed by atoms with Crippen molar-refractivity contribution in [2.24, 2.45) is 0 Å². The van der Waals surface area contributed by atoms with Gasteiger partial charge in [0, 0.05) is 56.1 Å². The lowest BCUT2D eigenvalue weighted by atomic mass is 10.1. The highest BCUT2D eigenvalue weighted by atomic mass is 35.5. The van der Waals surface area contributed by atoms with E-state index in [1.54, 1.807) is 0 Å². The number of hydrogen-bond donors (Lipinski definition) is 0. The Morgan fingerprint density at radius 2 is 1.40 bits per heavy atom. The monoisotopic (exact) mass is 416 g/mol. The van der Waals surface area contributed by atoms with Gasteiger partial charge >= 0.3 is 0 Å². The molecule has 0 N–H and O–H groups in total. The molecule has 3 heterocycles. The summed E-state index contributed by atoms with van der Waals surface area (Å²) in [5.41, 5.74) is 5.86. The van der Waals surface area contributed by atoms with E-state index >= 15 is 0 Å². The molecule has 0 radical (unpaired) electrons. The zero-order valence-electron chi connectivity index (χ0n) is 16.9. The zero-order chi connectivity index (χ0) is 20.3. The number of rotatable bonds is 5. The molecule has 2 aromatic carbocycles. The van der Waals surface area contributed by atoms with Crippen LogP contribution < -0.4 is 0 Å². The minimum absolute atomic E-state index is 0.797. The number of hydrogen-bond acceptors (Lipinski definition) is 3. The van der Waals surface area contributed by atoms with Gasteiger partial charge in [0.2, 0.25) is 0 Å². The van der Waals surface area contributed by atoms with Gasteiger partial charge in [-0.05, 0) is 29.8 Å². The molecule has 152 valence electrons. The van der Waals surface area contributed by atoms with Crippen LogP contribution in [0.2, 0.25) is 5.02 Å². The maximum atomic E-state index is 6.01. The number of benzene rings is 2. The van der Waals surface area contributed by atoms with Crippen molar-refractivity contribution in [2.45, 2.75) is 13.1 Å². The van der Waals surface area contributed by atoms with E-state index in [1.807, 2.05) is 12.1 Å². The van der Waals surface area contributed by atoms with E-state index in [4.69, 9.17) is 16.6 Å². The smallest absolute Gasteiger partial charge is 0.137 e. The summed E-state index contributed by atoms with van der Waals surface area (Å²) in [6, 6.07) is 24.9. The predicted octanol–water partition coefficient (Wildman–Crippen LogP) is 4.97. The second-order valence-electron chi connectivity index (χ2n) is 7.88. The summed E-state index contributed by atoms with van der Waals surface area (Å²) < 4.78 is 2.24. The van der Waals surface area contributed by atoms with E-state index in [1.165, 1.54) is 16.8 Å². The van der Waals surface area contributed by atoms with Gasteiger partial charge in [0.05, 0.1) is 11.4 Å². The first-order chi connectivity index (χ1) is 14.8. The third-order valence-corrected chi connectivity index (χ3v) is 6.09. The van der Waals surface area contributed by atoms with Crippen LogP contribution in [0.25, 0.3) is 16.9 Å². The molecule has 1 saturated heterocycles. The molecular weight excluding hydrogens is 392 g/mol. The molecule has 0 bridgehead atoms. The summed E-state index contributed by atoms with van der Waals surface area (Å²) in [6.07, 6.45) is 2.13. The van der Waals surface area contributed by atoms with Crippen molar-refractivity contribution in [2.75, 3.05) is 26.2 Å². The summed E-state index contributed by atoms with van der Waals surface area (Å²) >= 11 is 6.01. The minimum Gasteiger partial charge on any atom is -0.302 e. The molecule has 4 nitrogen and oxygen atoms in total. The number of aromatic nitrogens is 2. The number of imidazole rings is 1. The Balaban J connectivity index is 1.31. The number of halogens is 1. The molecule has 0 unspecified atom stereocenters. The Kier molecular flexibility index (Phi) is 5.54. The summed E-state index contributed by atoms with van der Waals surface area (Å²) in [5, 5.41) is 0.797. The minimum atomic E-state index is 0.797. The standard InChI is InChI=1S/C25H25ClN4/c26-22-11-9-20(10-12-22)18-28-14-16-29(17-15-28)19-23-25(21-6-2-1-3-7-21)27-24-8-4-5-13-30(23)24/h1-13H,14-19H2. The highest BCUT2D eigenvalue weighted by Crippen LogP contribution is 2.26. The highest BCUT2D eigenvalue weighted by molar-refractivity contribution is 6.30. The maximum absolute atomic E-state index is 6.01. The van der Waals surface area contributed by atoms with Crippen molar-refractivity contribution in [1.29, 1.82) is 0 Å². The van der Waals surface area contributed by atoms with Gasteiger partial charge in [0.1, 0.15) is 5.65 Å². The van der Waals surface area contributed by atoms with Crippen LogP contribution in [-0.2, 0) is 13.1 Å². The van der Waals surface area contributed by atoms with E-state index in [9.17, 15) is 0 Å². The second kappa shape index (κ2) is 8.60. The molecule has 2 aromatic heterocycles. The molecule has 5 heteroatoms. The zero-order valence-corrected chi connectivity index (χ0v) is 17.7. The Bertz CT molecular complexity index is 1110. The van der Waals surface area contributed by atoms with Gasteiger partial charge in [-0.3, -0.25) is 9.80 Å². The van der Waals surface area contributed by atoms with Crippen molar-refractivity contribution >= 4 is 17.2 Å². The Hall–Kier alpha value is -2.66. The van der Waals surface area contributed by atoms with Gasteiger partial charge in [0.25, 0.3) is 0 Å². The van der Waals surface area contributed by atoms with Gasteiger partial charge in [-0.1, -0.05) is 60.1 Å². The van der Waals surface area contributed by atoms with E-state index in [0.29, 0.717) is 0 Å². The van der Waals surface area contributed by atoms with Crippen LogP contribution in [0.1, 0.15) is 11.3 Å². The molecule has 0 saturated carbocycles. The number of nitrogens with zero attached hydrogens (tertiary/aromatic N) is 4. The summed E-state index contributed by atoms with van der Waals surface area (Å²) in [6.45, 7) is 6.14. The van der Waals surface area contributed by atoms with Crippen LogP contribution in [0.15, 0.2) is 79.0 Å². The lowest BCUT2D eigenvalue weighted by molar-refractivity contribution is 0.121. The third kappa shape index (κ3) is 4.12. The normalized spacial score (nSPS) is 15.6. The Labute approximate surface area is 182 Å². The fraction of sp³-hybridized carbons (Fsp3) is 0.240. The first-order valence-electron chi connectivity index (χ1n) is 10.5. The number of pyridine rings is 1. The maximum Gasteiger partial charge on any atom is 0.137 e. The Morgan fingerprint density at radius 1 is 0.733 bits per heavy atom. The van der Waals surface area contributed by atoms with Gasteiger partial charge in [0.15, 0.2) is 0 Å². The lowest BCUT2D eigenvalue weighted by Crippen LogP contribution is -2.45. The van der Waals surface area contributed by atoms with E-state index in [-0.39, 0.29) is 0 Å². The largest absolute Gasteiger partial charge is 0.302 e. The highest BCUT2D eigenvalue weighted by Gasteiger charge is 2.21. The van der Waals surface area contributed by atoms with Crippen molar-refractivity contribution in [3.63, 3.8) is 0 Å². The predicted molar refractivity (Wildman–Crippen MR) is 123 cm³/mol. The van der Waals surface area contributed by atoms with Crippen molar-refractivity contribution in [3.05, 3.63) is 95.3 Å². The first-order valence-corrected chi connectivity index (χ1v) is 10.8. The molecular formula is C25H25ClN4. The molecule has 30 heavy (non-hydrogen) atoms. The molecule has 4 aromatic rings. The lowest BCUT2D eigenvalue weighted by Gasteiger charge is -2.34. The summed E-state index contributed by atoms with van der Waals surface area (Å²) in [7, 11) is 0. The molecule has 1 aliphatic rings. The molecule has 1 fully saturated rings. The quantitative estimate of drug-likeness (QED) is 0.458. The number of fused-ring (bicyclic) bond motifs is 1. The molecule has 1 aliphatic heterocycles. The second-order valence-corrected chi connectivity index (χ2v) is 8.32. The van der Waals surface area contributed by atoms with E-state index in [0.717, 1.165) is 55.6 Å². The summed E-state index contributed by atoms with van der Waals surface area (Å²) in [4.78, 5) is 10.0. The van der Waals surface area contributed by atoms with Crippen molar-refractivity contribution in [1.82, 2.24) is 19.2 Å². The van der Waals surface area contributed by atoms with Crippen LogP contribution >= 0.6 is 11.6 Å². The summed E-state index contributed by atoms with van der Waals surface area (Å²) in [5.74, 6) is 0. The molecule has 0 amide bonds. The Morgan fingerprint density at radius 3 is 2.13 bits per heavy atom. The van der Waals surface area contributed by atoms with Gasteiger partial charge in [-0.25, -0.2) is 4.98 Å². The topological polar surface area (TPSA) is 23.8 Å². The van der Waals surface area contributed by atoms with Crippen LogP contribution in [0.4, 0.5) is 0 Å². The van der Waals surface area contributed by atoms with Crippen molar-refractivity contribution < 1.29 is 0 Å². The van der Waals surface area contributed by atoms with E-state index < -0.39 is 0 Å². The fourth-order valence-corrected chi connectivity index (χ4v) is 4.32. The first kappa shape index (κ1) is 19.3. The average Bonchev–Trinajstić information content (AvgIpc) is 3.16. The molecule has 0 spiro atoms. The third-order valence-electron chi connectivity index (χ3n) is 5.83. The van der Waals surface area contributed by atoms with Crippen LogP contribution in [-0.4, -0.2) is 45.4 Å². The van der Waals surface area contributed by atoms with Gasteiger partial charge in [-0.2, -0.15) is 0 Å². The van der Waals surface area contributed by atoms with Gasteiger partial charge < -0.3 is 4.40 Å². The SMILES string of the molecule is Clc1ccc(CN2CCN(Cc3c(-c4ccccc4)nc4ccccn34)CC2)cc1. The van der Waals surface area contributed by atoms with Crippen LogP contribution in [0, 0.1) is 0 Å². The fourth-order valence-electron chi connectivity index (χ4n) is 4.19.